The number of aromatic nitrogens is 2. The maximum absolute atomic E-state index is 14.2. The summed E-state index contributed by atoms with van der Waals surface area (Å²) >= 11 is 7.26. The van der Waals surface area contributed by atoms with Gasteiger partial charge in [-0.2, -0.15) is 0 Å². The van der Waals surface area contributed by atoms with Gasteiger partial charge >= 0.3 is 0 Å². The van der Waals surface area contributed by atoms with E-state index in [1.54, 1.807) is 30.6 Å². The van der Waals surface area contributed by atoms with E-state index < -0.39 is 23.9 Å². The number of halogens is 3. The molecule has 0 spiro atoms. The molecule has 3 aromatic rings. The lowest BCUT2D eigenvalue weighted by atomic mass is 9.87. The minimum Gasteiger partial charge on any atom is -0.341 e. The summed E-state index contributed by atoms with van der Waals surface area (Å²) in [5.41, 5.74) is 8.17. The molecule has 0 radical (unpaired) electrons. The Kier molecular flexibility index (Phi) is 4.89. The normalized spacial score (nSPS) is 21.8. The van der Waals surface area contributed by atoms with Gasteiger partial charge in [-0.1, -0.05) is 11.6 Å². The first-order chi connectivity index (χ1) is 13.3. The second-order valence-electron chi connectivity index (χ2n) is 7.07. The first-order valence-electron chi connectivity index (χ1n) is 8.94. The SMILES string of the molecule is Cc1sc(C(=O)NC2C(N)CCCC2(F)F)cc1-c1cnc2cc(Cl)ccn12. The summed E-state index contributed by atoms with van der Waals surface area (Å²) in [6.07, 6.45) is 4.08. The van der Waals surface area contributed by atoms with Gasteiger partial charge in [0.05, 0.1) is 16.8 Å². The molecule has 148 valence electrons. The van der Waals surface area contributed by atoms with Crippen LogP contribution in [-0.2, 0) is 0 Å². The molecular formula is C19H19ClF2N4OS. The lowest BCUT2D eigenvalue weighted by Crippen LogP contribution is -2.59. The van der Waals surface area contributed by atoms with Crippen molar-refractivity contribution in [2.24, 2.45) is 5.73 Å². The smallest absolute Gasteiger partial charge is 0.269 e. The van der Waals surface area contributed by atoms with Crippen molar-refractivity contribution in [3.05, 3.63) is 45.4 Å². The minimum atomic E-state index is -3.00. The fourth-order valence-electron chi connectivity index (χ4n) is 3.64. The van der Waals surface area contributed by atoms with E-state index in [0.29, 0.717) is 28.4 Å². The highest BCUT2D eigenvalue weighted by atomic mass is 35.5. The molecule has 3 N–H and O–H groups in total. The molecule has 1 fully saturated rings. The highest BCUT2D eigenvalue weighted by Crippen LogP contribution is 2.35. The molecule has 1 amide bonds. The number of fused-ring (bicyclic) bond motifs is 1. The number of pyridine rings is 1. The van der Waals surface area contributed by atoms with Crippen LogP contribution in [0.25, 0.3) is 16.9 Å². The van der Waals surface area contributed by atoms with Crippen LogP contribution >= 0.6 is 22.9 Å². The Morgan fingerprint density at radius 2 is 2.25 bits per heavy atom. The van der Waals surface area contributed by atoms with Crippen LogP contribution in [0.5, 0.6) is 0 Å². The number of thiophene rings is 1. The number of nitrogens with two attached hydrogens (primary N) is 1. The summed E-state index contributed by atoms with van der Waals surface area (Å²) in [7, 11) is 0. The van der Waals surface area contributed by atoms with Crippen molar-refractivity contribution in [3.8, 4) is 11.3 Å². The number of amides is 1. The number of hydrogen-bond acceptors (Lipinski definition) is 4. The van der Waals surface area contributed by atoms with Crippen molar-refractivity contribution in [2.75, 3.05) is 0 Å². The Hall–Kier alpha value is -2.03. The summed E-state index contributed by atoms with van der Waals surface area (Å²) in [6.45, 7) is 1.88. The third kappa shape index (κ3) is 3.40. The molecule has 2 unspecified atom stereocenters. The number of imidazole rings is 1. The minimum absolute atomic E-state index is 0.259. The number of nitrogens with zero attached hydrogens (tertiary/aromatic N) is 2. The number of carbonyl (C=O) groups is 1. The van der Waals surface area contributed by atoms with E-state index in [4.69, 9.17) is 17.3 Å². The van der Waals surface area contributed by atoms with Crippen LogP contribution in [0.2, 0.25) is 5.02 Å². The summed E-state index contributed by atoms with van der Waals surface area (Å²) in [5.74, 6) is -3.53. The Labute approximate surface area is 169 Å². The molecule has 2 atom stereocenters. The molecule has 0 aromatic carbocycles. The molecule has 9 heteroatoms. The first kappa shape index (κ1) is 19.3. The zero-order valence-corrected chi connectivity index (χ0v) is 16.7. The van der Waals surface area contributed by atoms with Crippen molar-refractivity contribution in [3.63, 3.8) is 0 Å². The number of rotatable bonds is 3. The predicted molar refractivity (Wildman–Crippen MR) is 106 cm³/mol. The lowest BCUT2D eigenvalue weighted by Gasteiger charge is -2.36. The second kappa shape index (κ2) is 7.09. The molecule has 4 rings (SSSR count). The van der Waals surface area contributed by atoms with Gasteiger partial charge in [-0.25, -0.2) is 13.8 Å². The third-order valence-corrected chi connectivity index (χ3v) is 6.39. The molecule has 3 aromatic heterocycles. The van der Waals surface area contributed by atoms with Crippen LogP contribution in [0.3, 0.4) is 0 Å². The molecule has 1 aliphatic carbocycles. The average Bonchev–Trinajstić information content (AvgIpc) is 3.20. The number of nitrogens with one attached hydrogen (secondary N) is 1. The maximum atomic E-state index is 14.2. The van der Waals surface area contributed by atoms with Gasteiger partial charge in [-0.3, -0.25) is 9.20 Å². The van der Waals surface area contributed by atoms with Gasteiger partial charge in [0.25, 0.3) is 11.8 Å². The highest BCUT2D eigenvalue weighted by molar-refractivity contribution is 7.14. The molecule has 1 aliphatic rings. The monoisotopic (exact) mass is 424 g/mol. The Morgan fingerprint density at radius 3 is 3.00 bits per heavy atom. The van der Waals surface area contributed by atoms with Gasteiger partial charge in [0.2, 0.25) is 0 Å². The van der Waals surface area contributed by atoms with Crippen LogP contribution in [-0.4, -0.2) is 33.3 Å². The highest BCUT2D eigenvalue weighted by Gasteiger charge is 2.46. The summed E-state index contributed by atoms with van der Waals surface area (Å²) in [5, 5.41) is 3.04. The van der Waals surface area contributed by atoms with Crippen molar-refractivity contribution in [2.45, 2.75) is 44.2 Å². The van der Waals surface area contributed by atoms with E-state index in [0.717, 1.165) is 16.1 Å². The molecule has 3 heterocycles. The third-order valence-electron chi connectivity index (χ3n) is 5.11. The fourth-order valence-corrected chi connectivity index (χ4v) is 4.72. The van der Waals surface area contributed by atoms with Gasteiger partial charge < -0.3 is 11.1 Å². The van der Waals surface area contributed by atoms with E-state index in [2.05, 4.69) is 10.3 Å². The van der Waals surface area contributed by atoms with Gasteiger partial charge in [-0.05, 0) is 31.9 Å². The lowest BCUT2D eigenvalue weighted by molar-refractivity contribution is -0.0674. The quantitative estimate of drug-likeness (QED) is 0.659. The fraction of sp³-hybridized carbons (Fsp3) is 0.368. The van der Waals surface area contributed by atoms with Crippen LogP contribution in [0.15, 0.2) is 30.6 Å². The van der Waals surface area contributed by atoms with Crippen molar-refractivity contribution < 1.29 is 13.6 Å². The largest absolute Gasteiger partial charge is 0.341 e. The van der Waals surface area contributed by atoms with Gasteiger partial charge in [0, 0.05) is 40.2 Å². The zero-order chi connectivity index (χ0) is 20.1. The summed E-state index contributed by atoms with van der Waals surface area (Å²) < 4.78 is 30.3. The van der Waals surface area contributed by atoms with Crippen LogP contribution in [0.1, 0.15) is 33.8 Å². The zero-order valence-electron chi connectivity index (χ0n) is 15.1. The molecule has 0 saturated heterocycles. The van der Waals surface area contributed by atoms with Crippen molar-refractivity contribution in [1.82, 2.24) is 14.7 Å². The predicted octanol–water partition coefficient (Wildman–Crippen LogP) is 4.27. The molecule has 28 heavy (non-hydrogen) atoms. The van der Waals surface area contributed by atoms with Crippen LogP contribution in [0.4, 0.5) is 8.78 Å². The van der Waals surface area contributed by atoms with Gasteiger partial charge in [0.1, 0.15) is 11.7 Å². The summed E-state index contributed by atoms with van der Waals surface area (Å²) in [6, 6.07) is 3.10. The van der Waals surface area contributed by atoms with E-state index in [-0.39, 0.29) is 6.42 Å². The van der Waals surface area contributed by atoms with Crippen molar-refractivity contribution >= 4 is 34.5 Å². The van der Waals surface area contributed by atoms with Gasteiger partial charge in [0.15, 0.2) is 0 Å². The Morgan fingerprint density at radius 1 is 1.46 bits per heavy atom. The number of hydrogen-bond donors (Lipinski definition) is 2. The van der Waals surface area contributed by atoms with E-state index in [9.17, 15) is 13.6 Å². The topological polar surface area (TPSA) is 72.4 Å². The second-order valence-corrected chi connectivity index (χ2v) is 8.76. The van der Waals surface area contributed by atoms with Gasteiger partial charge in [-0.15, -0.1) is 11.3 Å². The van der Waals surface area contributed by atoms with E-state index in [1.807, 2.05) is 11.3 Å². The average molecular weight is 425 g/mol. The van der Waals surface area contributed by atoms with E-state index in [1.165, 1.54) is 11.3 Å². The molecule has 1 saturated carbocycles. The number of aryl methyl sites for hydroxylation is 1. The van der Waals surface area contributed by atoms with E-state index >= 15 is 0 Å². The van der Waals surface area contributed by atoms with Crippen LogP contribution in [0, 0.1) is 6.92 Å². The van der Waals surface area contributed by atoms with Crippen molar-refractivity contribution in [1.29, 1.82) is 0 Å². The molecule has 5 nitrogen and oxygen atoms in total. The Bertz CT molecular complexity index is 1050. The molecule has 0 aliphatic heterocycles. The molecular weight excluding hydrogens is 406 g/mol. The van der Waals surface area contributed by atoms with Crippen LogP contribution < -0.4 is 11.1 Å². The molecule has 0 bridgehead atoms. The standard InChI is InChI=1S/C19H19ClF2N4OS/c1-10-12(14-9-24-16-7-11(20)4-6-26(14)16)8-15(28-10)18(27)25-17-13(23)3-2-5-19(17,21)22/h4,6-9,13,17H,2-3,5,23H2,1H3,(H,25,27). The maximum Gasteiger partial charge on any atom is 0.269 e. The summed E-state index contributed by atoms with van der Waals surface area (Å²) in [4.78, 5) is 18.3. The number of carbonyl (C=O) groups excluding carboxylic acids is 1. The Balaban J connectivity index is 1.63. The first-order valence-corrected chi connectivity index (χ1v) is 10.1. The number of alkyl halides is 2.